The summed E-state index contributed by atoms with van der Waals surface area (Å²) in [5.41, 5.74) is 3.66. The Hall–Kier alpha value is -1.65. The number of benzene rings is 1. The highest BCUT2D eigenvalue weighted by Gasteiger charge is 2.51. The Morgan fingerprint density at radius 2 is 1.78 bits per heavy atom. The molecule has 2 bridgehead atoms. The van der Waals surface area contributed by atoms with Crippen LogP contribution in [0, 0.1) is 17.3 Å². The number of amides is 1. The predicted molar refractivity (Wildman–Crippen MR) is 151 cm³/mol. The molecule has 1 saturated heterocycles. The van der Waals surface area contributed by atoms with Crippen LogP contribution in [0.5, 0.6) is 0 Å². The van der Waals surface area contributed by atoms with E-state index in [1.165, 1.54) is 50.6 Å². The van der Waals surface area contributed by atoms with Gasteiger partial charge in [-0.15, -0.1) is 0 Å². The third kappa shape index (κ3) is 7.22. The summed E-state index contributed by atoms with van der Waals surface area (Å²) < 4.78 is 0. The quantitative estimate of drug-likeness (QED) is 0.234. The predicted octanol–water partition coefficient (Wildman–Crippen LogP) is 6.03. The molecule has 4 heteroatoms. The number of piperazine rings is 1. The number of carbonyl (C=O) groups excluding carboxylic acids is 1. The normalized spacial score (nSPS) is 23.4. The number of nitrogens with zero attached hydrogens (tertiary/aromatic N) is 3. The van der Waals surface area contributed by atoms with Gasteiger partial charge in [0, 0.05) is 52.2 Å². The first-order valence-corrected chi connectivity index (χ1v) is 14.9. The van der Waals surface area contributed by atoms with E-state index in [1.54, 1.807) is 5.57 Å². The van der Waals surface area contributed by atoms with Crippen LogP contribution in [-0.4, -0.2) is 73.0 Å². The van der Waals surface area contributed by atoms with Gasteiger partial charge in [0.25, 0.3) is 0 Å². The minimum Gasteiger partial charge on any atom is -0.340 e. The Bertz CT molecular complexity index is 840. The fraction of sp³-hybridized carbons (Fsp3) is 0.719. The monoisotopic (exact) mass is 493 g/mol. The van der Waals surface area contributed by atoms with Crippen molar-refractivity contribution in [2.24, 2.45) is 17.3 Å². The molecule has 0 radical (unpaired) electrons. The first-order valence-electron chi connectivity index (χ1n) is 14.9. The van der Waals surface area contributed by atoms with Crippen molar-refractivity contribution in [3.05, 3.63) is 47.5 Å². The highest BCUT2D eigenvalue weighted by Crippen LogP contribution is 2.59. The van der Waals surface area contributed by atoms with Crippen molar-refractivity contribution in [2.75, 3.05) is 52.4 Å². The zero-order valence-electron chi connectivity index (χ0n) is 23.4. The molecule has 1 saturated carbocycles. The minimum atomic E-state index is 0.374. The van der Waals surface area contributed by atoms with Gasteiger partial charge >= 0.3 is 0 Å². The number of rotatable bonds is 14. The lowest BCUT2D eigenvalue weighted by Gasteiger charge is -2.57. The van der Waals surface area contributed by atoms with E-state index in [0.717, 1.165) is 76.9 Å². The number of hydrogen-bond donors (Lipinski definition) is 0. The summed E-state index contributed by atoms with van der Waals surface area (Å²) >= 11 is 0. The Kier molecular flexibility index (Phi) is 10.1. The number of hydrogen-bond acceptors (Lipinski definition) is 3. The van der Waals surface area contributed by atoms with Crippen LogP contribution in [0.1, 0.15) is 77.7 Å². The Morgan fingerprint density at radius 3 is 2.47 bits per heavy atom. The molecule has 2 atom stereocenters. The van der Waals surface area contributed by atoms with Gasteiger partial charge in [-0.05, 0) is 61.5 Å². The molecule has 4 nitrogen and oxygen atoms in total. The van der Waals surface area contributed by atoms with Crippen LogP contribution in [0.2, 0.25) is 0 Å². The fourth-order valence-electron chi connectivity index (χ4n) is 6.70. The SMILES string of the molecule is CCCCCCC(=O)N1CCN(CCN(CCCc2ccccc2)CC2=CCC3CC2C3(C)C)CC1. The second kappa shape index (κ2) is 13.2. The van der Waals surface area contributed by atoms with Gasteiger partial charge in [-0.2, -0.15) is 0 Å². The molecule has 0 N–H and O–H groups in total. The number of allylic oxidation sites excluding steroid dienone is 1. The van der Waals surface area contributed by atoms with E-state index in [4.69, 9.17) is 0 Å². The number of aryl methyl sites for hydroxylation is 1. The van der Waals surface area contributed by atoms with Crippen LogP contribution < -0.4 is 0 Å². The van der Waals surface area contributed by atoms with Gasteiger partial charge in [0.2, 0.25) is 5.91 Å². The average Bonchev–Trinajstić information content (AvgIpc) is 2.90. The molecule has 0 spiro atoms. The molecule has 2 fully saturated rings. The zero-order chi connectivity index (χ0) is 25.4. The van der Waals surface area contributed by atoms with Crippen molar-refractivity contribution in [1.82, 2.24) is 14.7 Å². The van der Waals surface area contributed by atoms with Crippen LogP contribution in [0.3, 0.4) is 0 Å². The minimum absolute atomic E-state index is 0.374. The second-order valence-electron chi connectivity index (χ2n) is 12.2. The van der Waals surface area contributed by atoms with E-state index in [0.29, 0.717) is 11.3 Å². The number of carbonyl (C=O) groups is 1. The highest BCUT2D eigenvalue weighted by atomic mass is 16.2. The van der Waals surface area contributed by atoms with E-state index in [1.807, 2.05) is 0 Å². The zero-order valence-corrected chi connectivity index (χ0v) is 23.4. The Morgan fingerprint density at radius 1 is 1.00 bits per heavy atom. The molecule has 36 heavy (non-hydrogen) atoms. The summed E-state index contributed by atoms with van der Waals surface area (Å²) in [7, 11) is 0. The molecule has 1 heterocycles. The fourth-order valence-corrected chi connectivity index (χ4v) is 6.70. The van der Waals surface area contributed by atoms with Crippen molar-refractivity contribution in [3.63, 3.8) is 0 Å². The summed E-state index contributed by atoms with van der Waals surface area (Å²) in [5.74, 6) is 2.07. The maximum Gasteiger partial charge on any atom is 0.222 e. The molecule has 2 unspecified atom stereocenters. The van der Waals surface area contributed by atoms with Gasteiger partial charge in [-0.3, -0.25) is 14.6 Å². The van der Waals surface area contributed by atoms with Crippen molar-refractivity contribution >= 4 is 5.91 Å². The Balaban J connectivity index is 1.24. The van der Waals surface area contributed by atoms with E-state index in [9.17, 15) is 4.79 Å². The molecular weight excluding hydrogens is 442 g/mol. The van der Waals surface area contributed by atoms with Gasteiger partial charge in [0.1, 0.15) is 0 Å². The molecule has 3 aliphatic carbocycles. The van der Waals surface area contributed by atoms with E-state index >= 15 is 0 Å². The van der Waals surface area contributed by atoms with Crippen LogP contribution in [0.25, 0.3) is 0 Å². The summed E-state index contributed by atoms with van der Waals surface area (Å²) in [6.45, 7) is 15.6. The lowest BCUT2D eigenvalue weighted by atomic mass is 9.49. The molecule has 1 aromatic rings. The van der Waals surface area contributed by atoms with Crippen molar-refractivity contribution in [2.45, 2.75) is 78.6 Å². The molecule has 1 aromatic carbocycles. The van der Waals surface area contributed by atoms with E-state index in [-0.39, 0.29) is 0 Å². The van der Waals surface area contributed by atoms with Crippen LogP contribution >= 0.6 is 0 Å². The number of fused-ring (bicyclic) bond motifs is 1. The molecule has 4 aliphatic rings. The average molecular weight is 494 g/mol. The van der Waals surface area contributed by atoms with Crippen LogP contribution in [-0.2, 0) is 11.2 Å². The highest BCUT2D eigenvalue weighted by molar-refractivity contribution is 5.76. The maximum absolute atomic E-state index is 12.6. The van der Waals surface area contributed by atoms with Gasteiger partial charge in [0.05, 0.1) is 0 Å². The molecular formula is C32H51N3O. The standard InChI is InChI=1S/C32H51N3O/c1-4-5-6-10-15-31(36)35-23-21-33(22-24-35)19-20-34(18-11-14-27-12-8-7-9-13-27)26-28-16-17-29-25-30(28)32(29,2)3/h7-9,12-13,16,29-30H,4-6,10-11,14-15,17-26H2,1-3H3. The lowest BCUT2D eigenvalue weighted by molar-refractivity contribution is -0.133. The summed E-state index contributed by atoms with van der Waals surface area (Å²) in [5, 5.41) is 0. The topological polar surface area (TPSA) is 26.8 Å². The van der Waals surface area contributed by atoms with Gasteiger partial charge in [-0.1, -0.05) is 82.0 Å². The summed E-state index contributed by atoms with van der Waals surface area (Å²) in [6, 6.07) is 10.9. The van der Waals surface area contributed by atoms with E-state index in [2.05, 4.69) is 71.9 Å². The largest absolute Gasteiger partial charge is 0.340 e. The Labute approximate surface area is 221 Å². The molecule has 5 rings (SSSR count). The van der Waals surface area contributed by atoms with Crippen LogP contribution in [0.15, 0.2) is 42.0 Å². The molecule has 1 amide bonds. The first kappa shape index (κ1) is 27.4. The van der Waals surface area contributed by atoms with Gasteiger partial charge in [0.15, 0.2) is 0 Å². The van der Waals surface area contributed by atoms with Crippen molar-refractivity contribution < 1.29 is 4.79 Å². The molecule has 0 aromatic heterocycles. The van der Waals surface area contributed by atoms with Crippen molar-refractivity contribution in [3.8, 4) is 0 Å². The third-order valence-electron chi connectivity index (χ3n) is 9.47. The number of unbranched alkanes of at least 4 members (excludes halogenated alkanes) is 3. The summed E-state index contributed by atoms with van der Waals surface area (Å²) in [4.78, 5) is 20.0. The van der Waals surface area contributed by atoms with Gasteiger partial charge < -0.3 is 4.90 Å². The maximum atomic E-state index is 12.6. The second-order valence-corrected chi connectivity index (χ2v) is 12.2. The molecule has 200 valence electrons. The van der Waals surface area contributed by atoms with Crippen LogP contribution in [0.4, 0.5) is 0 Å². The third-order valence-corrected chi connectivity index (χ3v) is 9.47. The first-order chi connectivity index (χ1) is 17.5. The van der Waals surface area contributed by atoms with Crippen molar-refractivity contribution in [1.29, 1.82) is 0 Å². The smallest absolute Gasteiger partial charge is 0.222 e. The lowest BCUT2D eigenvalue weighted by Crippen LogP contribution is -2.51. The molecule has 1 aliphatic heterocycles. The van der Waals surface area contributed by atoms with E-state index < -0.39 is 0 Å². The summed E-state index contributed by atoms with van der Waals surface area (Å²) in [6.07, 6.45) is 13.1. The van der Waals surface area contributed by atoms with Gasteiger partial charge in [-0.25, -0.2) is 0 Å².